The minimum atomic E-state index is -0.925. The SMILES string of the molecule is CCC(C)(Oc1ccccc1)C(=O)OC(C)C. The van der Waals surface area contributed by atoms with Crippen LogP contribution in [0.15, 0.2) is 30.3 Å². The van der Waals surface area contributed by atoms with Crippen LogP contribution in [-0.2, 0) is 9.53 Å². The number of esters is 1. The van der Waals surface area contributed by atoms with E-state index < -0.39 is 5.60 Å². The molecule has 0 aromatic heterocycles. The fourth-order valence-corrected chi connectivity index (χ4v) is 1.35. The topological polar surface area (TPSA) is 35.5 Å². The highest BCUT2D eigenvalue weighted by Gasteiger charge is 2.36. The van der Waals surface area contributed by atoms with Gasteiger partial charge in [0.05, 0.1) is 6.10 Å². The maximum absolute atomic E-state index is 12.0. The van der Waals surface area contributed by atoms with E-state index in [0.29, 0.717) is 12.2 Å². The molecule has 0 N–H and O–H groups in total. The molecule has 1 aromatic carbocycles. The van der Waals surface area contributed by atoms with Crippen LogP contribution in [0.2, 0.25) is 0 Å². The fourth-order valence-electron chi connectivity index (χ4n) is 1.35. The van der Waals surface area contributed by atoms with E-state index >= 15 is 0 Å². The van der Waals surface area contributed by atoms with E-state index in [2.05, 4.69) is 0 Å². The van der Waals surface area contributed by atoms with Crippen LogP contribution in [0.1, 0.15) is 34.1 Å². The summed E-state index contributed by atoms with van der Waals surface area (Å²) in [5, 5.41) is 0. The van der Waals surface area contributed by atoms with Gasteiger partial charge in [0.1, 0.15) is 5.75 Å². The number of hydrogen-bond acceptors (Lipinski definition) is 3. The summed E-state index contributed by atoms with van der Waals surface area (Å²) in [5.74, 6) is 0.358. The molecule has 0 bridgehead atoms. The predicted octanol–water partition coefficient (Wildman–Crippen LogP) is 3.19. The molecule has 1 unspecified atom stereocenters. The first-order chi connectivity index (χ1) is 7.98. The summed E-state index contributed by atoms with van der Waals surface area (Å²) in [4.78, 5) is 12.0. The van der Waals surface area contributed by atoms with Gasteiger partial charge in [0.2, 0.25) is 5.60 Å². The smallest absolute Gasteiger partial charge is 0.350 e. The van der Waals surface area contributed by atoms with Gasteiger partial charge >= 0.3 is 5.97 Å². The summed E-state index contributed by atoms with van der Waals surface area (Å²) in [7, 11) is 0. The van der Waals surface area contributed by atoms with E-state index in [4.69, 9.17) is 9.47 Å². The molecule has 1 rings (SSSR count). The number of hydrogen-bond donors (Lipinski definition) is 0. The van der Waals surface area contributed by atoms with E-state index in [-0.39, 0.29) is 12.1 Å². The van der Waals surface area contributed by atoms with Crippen molar-refractivity contribution in [2.75, 3.05) is 0 Å². The zero-order chi connectivity index (χ0) is 12.9. The second-order valence-electron chi connectivity index (χ2n) is 4.45. The molecule has 17 heavy (non-hydrogen) atoms. The molecule has 0 spiro atoms. The molecule has 1 aromatic rings. The molecule has 94 valence electrons. The third-order valence-electron chi connectivity index (χ3n) is 2.54. The second kappa shape index (κ2) is 5.71. The van der Waals surface area contributed by atoms with Gasteiger partial charge in [-0.3, -0.25) is 0 Å². The first-order valence-corrected chi connectivity index (χ1v) is 5.93. The normalized spacial score (nSPS) is 14.2. The summed E-state index contributed by atoms with van der Waals surface area (Å²) in [6, 6.07) is 9.31. The number of carbonyl (C=O) groups is 1. The third-order valence-corrected chi connectivity index (χ3v) is 2.54. The Hall–Kier alpha value is -1.51. The molecule has 0 amide bonds. The first kappa shape index (κ1) is 13.6. The average Bonchev–Trinajstić information content (AvgIpc) is 2.29. The molecule has 0 aliphatic rings. The summed E-state index contributed by atoms with van der Waals surface area (Å²) in [6.45, 7) is 7.32. The Labute approximate surface area is 103 Å². The van der Waals surface area contributed by atoms with Crippen LogP contribution in [0, 0.1) is 0 Å². The van der Waals surface area contributed by atoms with Crippen molar-refractivity contribution in [3.05, 3.63) is 30.3 Å². The van der Waals surface area contributed by atoms with Gasteiger partial charge in [-0.05, 0) is 39.3 Å². The van der Waals surface area contributed by atoms with Crippen molar-refractivity contribution in [1.29, 1.82) is 0 Å². The molecular formula is C14H20O3. The summed E-state index contributed by atoms with van der Waals surface area (Å²) >= 11 is 0. The molecule has 0 saturated heterocycles. The fraction of sp³-hybridized carbons (Fsp3) is 0.500. The van der Waals surface area contributed by atoms with Gasteiger partial charge in [-0.2, -0.15) is 0 Å². The monoisotopic (exact) mass is 236 g/mol. The molecule has 0 aliphatic heterocycles. The lowest BCUT2D eigenvalue weighted by Crippen LogP contribution is -2.43. The van der Waals surface area contributed by atoms with Gasteiger partial charge in [0, 0.05) is 0 Å². The van der Waals surface area contributed by atoms with Crippen LogP contribution in [0.25, 0.3) is 0 Å². The largest absolute Gasteiger partial charge is 0.476 e. The highest BCUT2D eigenvalue weighted by molar-refractivity contribution is 5.79. The maximum Gasteiger partial charge on any atom is 0.350 e. The van der Waals surface area contributed by atoms with E-state index in [1.165, 1.54) is 0 Å². The van der Waals surface area contributed by atoms with E-state index in [1.54, 1.807) is 6.92 Å². The Balaban J connectivity index is 2.78. The van der Waals surface area contributed by atoms with Gasteiger partial charge < -0.3 is 9.47 Å². The van der Waals surface area contributed by atoms with Crippen LogP contribution in [0.5, 0.6) is 5.75 Å². The molecule has 0 aliphatic carbocycles. The van der Waals surface area contributed by atoms with Gasteiger partial charge in [-0.15, -0.1) is 0 Å². The highest BCUT2D eigenvalue weighted by Crippen LogP contribution is 2.22. The van der Waals surface area contributed by atoms with Crippen LogP contribution in [-0.4, -0.2) is 17.7 Å². The maximum atomic E-state index is 12.0. The number of carbonyl (C=O) groups excluding carboxylic acids is 1. The van der Waals surface area contributed by atoms with Crippen molar-refractivity contribution in [2.45, 2.75) is 45.8 Å². The lowest BCUT2D eigenvalue weighted by Gasteiger charge is -2.28. The minimum absolute atomic E-state index is 0.132. The molecule has 3 nitrogen and oxygen atoms in total. The lowest BCUT2D eigenvalue weighted by molar-refractivity contribution is -0.165. The zero-order valence-electron chi connectivity index (χ0n) is 10.9. The van der Waals surface area contributed by atoms with Crippen molar-refractivity contribution < 1.29 is 14.3 Å². The van der Waals surface area contributed by atoms with Crippen molar-refractivity contribution in [2.24, 2.45) is 0 Å². The number of para-hydroxylation sites is 1. The van der Waals surface area contributed by atoms with Gasteiger partial charge in [0.15, 0.2) is 0 Å². The summed E-state index contributed by atoms with van der Waals surface area (Å²) in [6.07, 6.45) is 0.431. The quantitative estimate of drug-likeness (QED) is 0.736. The molecule has 0 radical (unpaired) electrons. The van der Waals surface area contributed by atoms with Crippen molar-refractivity contribution in [1.82, 2.24) is 0 Å². The van der Waals surface area contributed by atoms with Gasteiger partial charge in [-0.25, -0.2) is 4.79 Å². The summed E-state index contributed by atoms with van der Waals surface area (Å²) in [5.41, 5.74) is -0.925. The lowest BCUT2D eigenvalue weighted by atomic mass is 10.0. The van der Waals surface area contributed by atoms with Crippen molar-refractivity contribution in [3.63, 3.8) is 0 Å². The van der Waals surface area contributed by atoms with E-state index in [1.807, 2.05) is 51.1 Å². The number of rotatable bonds is 5. The molecule has 0 fully saturated rings. The second-order valence-corrected chi connectivity index (χ2v) is 4.45. The molecule has 1 atom stereocenters. The molecular weight excluding hydrogens is 216 g/mol. The van der Waals surface area contributed by atoms with Gasteiger partial charge in [-0.1, -0.05) is 25.1 Å². The van der Waals surface area contributed by atoms with Crippen LogP contribution in [0.4, 0.5) is 0 Å². The number of ether oxygens (including phenoxy) is 2. The summed E-state index contributed by atoms with van der Waals surface area (Å²) < 4.78 is 11.0. The van der Waals surface area contributed by atoms with Crippen LogP contribution >= 0.6 is 0 Å². The van der Waals surface area contributed by atoms with E-state index in [0.717, 1.165) is 0 Å². The Kier molecular flexibility index (Phi) is 4.55. The average molecular weight is 236 g/mol. The zero-order valence-corrected chi connectivity index (χ0v) is 10.9. The van der Waals surface area contributed by atoms with Crippen molar-refractivity contribution in [3.8, 4) is 5.75 Å². The molecule has 0 saturated carbocycles. The molecule has 0 heterocycles. The standard InChI is InChI=1S/C14H20O3/c1-5-14(4,13(15)16-11(2)3)17-12-9-7-6-8-10-12/h6-11H,5H2,1-4H3. The van der Waals surface area contributed by atoms with Gasteiger partial charge in [0.25, 0.3) is 0 Å². The molecule has 3 heteroatoms. The van der Waals surface area contributed by atoms with E-state index in [9.17, 15) is 4.79 Å². The number of benzene rings is 1. The first-order valence-electron chi connectivity index (χ1n) is 5.93. The van der Waals surface area contributed by atoms with Crippen LogP contribution in [0.3, 0.4) is 0 Å². The predicted molar refractivity (Wildman–Crippen MR) is 67.0 cm³/mol. The van der Waals surface area contributed by atoms with Crippen molar-refractivity contribution >= 4 is 5.97 Å². The highest BCUT2D eigenvalue weighted by atomic mass is 16.6. The Morgan fingerprint density at radius 3 is 2.35 bits per heavy atom. The Bertz CT molecular complexity index is 359. The van der Waals surface area contributed by atoms with Crippen LogP contribution < -0.4 is 4.74 Å². The third kappa shape index (κ3) is 3.77. The Morgan fingerprint density at radius 2 is 1.88 bits per heavy atom. The Morgan fingerprint density at radius 1 is 1.29 bits per heavy atom. The minimum Gasteiger partial charge on any atom is -0.476 e.